The molecular formula is C8H7BrClN3. The van der Waals surface area contributed by atoms with Crippen molar-refractivity contribution >= 4 is 28.3 Å². The van der Waals surface area contributed by atoms with Crippen molar-refractivity contribution in [1.29, 1.82) is 0 Å². The summed E-state index contributed by atoms with van der Waals surface area (Å²) in [6.45, 7) is 0. The van der Waals surface area contributed by atoms with Crippen molar-refractivity contribution in [2.24, 2.45) is 0 Å². The zero-order valence-corrected chi connectivity index (χ0v) is 8.97. The topological polar surface area (TPSA) is 41.6 Å². The van der Waals surface area contributed by atoms with E-state index in [2.05, 4.69) is 31.1 Å². The van der Waals surface area contributed by atoms with Gasteiger partial charge in [0.2, 0.25) is 0 Å². The average molecular weight is 261 g/mol. The Balaban J connectivity index is 0.000000845. The summed E-state index contributed by atoms with van der Waals surface area (Å²) in [6, 6.07) is 3.86. The molecule has 0 saturated heterocycles. The van der Waals surface area contributed by atoms with Gasteiger partial charge in [0.15, 0.2) is 0 Å². The van der Waals surface area contributed by atoms with Gasteiger partial charge in [0.1, 0.15) is 0 Å². The molecule has 0 aliphatic carbocycles. The molecule has 1 N–H and O–H groups in total. The first-order valence-electron chi connectivity index (χ1n) is 3.47. The number of aromatic nitrogens is 3. The number of hydrogen-bond acceptors (Lipinski definition) is 2. The second-order valence-electron chi connectivity index (χ2n) is 2.33. The number of nitrogens with zero attached hydrogens (tertiary/aromatic N) is 2. The Kier molecular flexibility index (Phi) is 3.45. The van der Waals surface area contributed by atoms with Crippen molar-refractivity contribution in [3.05, 3.63) is 35.2 Å². The third-order valence-corrected chi connectivity index (χ3v) is 2.16. The zero-order valence-electron chi connectivity index (χ0n) is 6.57. The minimum absolute atomic E-state index is 0. The Morgan fingerprint density at radius 2 is 1.92 bits per heavy atom. The Bertz CT molecular complexity index is 374. The summed E-state index contributed by atoms with van der Waals surface area (Å²) in [6.07, 6.45) is 5.24. The van der Waals surface area contributed by atoms with Crippen LogP contribution in [-0.4, -0.2) is 15.2 Å². The van der Waals surface area contributed by atoms with Gasteiger partial charge in [-0.25, -0.2) is 0 Å². The number of H-pyrrole nitrogens is 1. The van der Waals surface area contributed by atoms with Gasteiger partial charge in [0.05, 0.1) is 16.4 Å². The number of rotatable bonds is 1. The van der Waals surface area contributed by atoms with Gasteiger partial charge in [0, 0.05) is 18.0 Å². The molecule has 0 unspecified atom stereocenters. The molecule has 2 aromatic rings. The molecule has 0 aliphatic rings. The fraction of sp³-hybridized carbons (Fsp3) is 0. The lowest BCUT2D eigenvalue weighted by atomic mass is 10.2. The minimum Gasteiger partial charge on any atom is -0.277 e. The van der Waals surface area contributed by atoms with E-state index in [1.807, 2.05) is 12.1 Å². The van der Waals surface area contributed by atoms with Gasteiger partial charge >= 0.3 is 0 Å². The molecule has 0 radical (unpaired) electrons. The van der Waals surface area contributed by atoms with Gasteiger partial charge in [-0.1, -0.05) is 0 Å². The maximum absolute atomic E-state index is 3.94. The highest BCUT2D eigenvalue weighted by molar-refractivity contribution is 9.10. The van der Waals surface area contributed by atoms with Crippen LogP contribution in [0.1, 0.15) is 0 Å². The number of aromatic amines is 1. The molecule has 2 aromatic heterocycles. The maximum atomic E-state index is 3.94. The summed E-state index contributed by atoms with van der Waals surface area (Å²) >= 11 is 3.39. The van der Waals surface area contributed by atoms with Gasteiger partial charge in [-0.3, -0.25) is 10.1 Å². The van der Waals surface area contributed by atoms with Crippen LogP contribution in [0.5, 0.6) is 0 Å². The molecule has 0 atom stereocenters. The van der Waals surface area contributed by atoms with Crippen LogP contribution in [-0.2, 0) is 0 Å². The van der Waals surface area contributed by atoms with Crippen LogP contribution in [0.3, 0.4) is 0 Å². The van der Waals surface area contributed by atoms with Crippen LogP contribution in [0.15, 0.2) is 35.2 Å². The minimum atomic E-state index is 0. The highest BCUT2D eigenvalue weighted by atomic mass is 79.9. The first-order chi connectivity index (χ1) is 5.88. The molecule has 0 saturated carbocycles. The largest absolute Gasteiger partial charge is 0.277 e. The molecule has 5 heteroatoms. The quantitative estimate of drug-likeness (QED) is 0.856. The van der Waals surface area contributed by atoms with Crippen LogP contribution in [0.2, 0.25) is 0 Å². The van der Waals surface area contributed by atoms with Crippen molar-refractivity contribution < 1.29 is 0 Å². The first-order valence-corrected chi connectivity index (χ1v) is 4.26. The normalized spacial score (nSPS) is 9.31. The Morgan fingerprint density at radius 1 is 1.23 bits per heavy atom. The molecule has 68 valence electrons. The molecule has 0 aromatic carbocycles. The maximum Gasteiger partial charge on any atom is 0.0793 e. The molecular weight excluding hydrogens is 253 g/mol. The molecule has 0 amide bonds. The smallest absolute Gasteiger partial charge is 0.0793 e. The third kappa shape index (κ3) is 2.08. The monoisotopic (exact) mass is 259 g/mol. The van der Waals surface area contributed by atoms with E-state index >= 15 is 0 Å². The lowest BCUT2D eigenvalue weighted by Gasteiger charge is -1.95. The predicted molar refractivity (Wildman–Crippen MR) is 56.8 cm³/mol. The third-order valence-electron chi connectivity index (χ3n) is 1.56. The summed E-state index contributed by atoms with van der Waals surface area (Å²) in [7, 11) is 0. The Hall–Kier alpha value is -0.870. The number of pyridine rings is 1. The molecule has 2 rings (SSSR count). The standard InChI is InChI=1S/C8H6BrN3.ClH/c9-7-5-11-12-8(7)6-1-3-10-4-2-6;/h1-5H,(H,11,12);1H. The van der Waals surface area contributed by atoms with Crippen LogP contribution >= 0.6 is 28.3 Å². The predicted octanol–water partition coefficient (Wildman–Crippen LogP) is 2.66. The van der Waals surface area contributed by atoms with E-state index in [4.69, 9.17) is 0 Å². The molecule has 2 heterocycles. The van der Waals surface area contributed by atoms with Crippen molar-refractivity contribution in [1.82, 2.24) is 15.2 Å². The van der Waals surface area contributed by atoms with Gasteiger partial charge in [-0.15, -0.1) is 12.4 Å². The molecule has 3 nitrogen and oxygen atoms in total. The van der Waals surface area contributed by atoms with E-state index in [0.717, 1.165) is 15.7 Å². The van der Waals surface area contributed by atoms with Crippen LogP contribution in [0, 0.1) is 0 Å². The Morgan fingerprint density at radius 3 is 2.46 bits per heavy atom. The van der Waals surface area contributed by atoms with Gasteiger partial charge in [0.25, 0.3) is 0 Å². The summed E-state index contributed by atoms with van der Waals surface area (Å²) < 4.78 is 0.966. The second kappa shape index (κ2) is 4.39. The van der Waals surface area contributed by atoms with Gasteiger partial charge < -0.3 is 0 Å². The van der Waals surface area contributed by atoms with E-state index in [0.29, 0.717) is 0 Å². The highest BCUT2D eigenvalue weighted by Crippen LogP contribution is 2.24. The molecule has 0 bridgehead atoms. The van der Waals surface area contributed by atoms with E-state index < -0.39 is 0 Å². The highest BCUT2D eigenvalue weighted by Gasteiger charge is 2.02. The Labute approximate surface area is 90.1 Å². The molecule has 0 aliphatic heterocycles. The fourth-order valence-corrected chi connectivity index (χ4v) is 1.41. The number of hydrogen-bond donors (Lipinski definition) is 1. The average Bonchev–Trinajstić information content (AvgIpc) is 2.53. The van der Waals surface area contributed by atoms with Crippen LogP contribution in [0.4, 0.5) is 0 Å². The van der Waals surface area contributed by atoms with E-state index in [-0.39, 0.29) is 12.4 Å². The lowest BCUT2D eigenvalue weighted by molar-refractivity contribution is 1.09. The first kappa shape index (κ1) is 10.2. The fourth-order valence-electron chi connectivity index (χ4n) is 0.992. The number of halogens is 2. The van der Waals surface area contributed by atoms with Crippen molar-refractivity contribution in [2.45, 2.75) is 0 Å². The summed E-state index contributed by atoms with van der Waals surface area (Å²) in [5, 5.41) is 6.80. The van der Waals surface area contributed by atoms with E-state index in [1.165, 1.54) is 0 Å². The van der Waals surface area contributed by atoms with Gasteiger partial charge in [-0.05, 0) is 28.1 Å². The second-order valence-corrected chi connectivity index (χ2v) is 3.18. The van der Waals surface area contributed by atoms with E-state index in [9.17, 15) is 0 Å². The molecule has 0 fully saturated rings. The van der Waals surface area contributed by atoms with Crippen molar-refractivity contribution in [2.75, 3.05) is 0 Å². The van der Waals surface area contributed by atoms with Gasteiger partial charge in [-0.2, -0.15) is 5.10 Å². The van der Waals surface area contributed by atoms with Crippen molar-refractivity contribution in [3.8, 4) is 11.3 Å². The molecule has 0 spiro atoms. The summed E-state index contributed by atoms with van der Waals surface area (Å²) in [5.41, 5.74) is 2.06. The number of nitrogens with one attached hydrogen (secondary N) is 1. The summed E-state index contributed by atoms with van der Waals surface area (Å²) in [5.74, 6) is 0. The SMILES string of the molecule is Brc1cn[nH]c1-c1ccncc1.Cl. The van der Waals surface area contributed by atoms with Crippen molar-refractivity contribution in [3.63, 3.8) is 0 Å². The summed E-state index contributed by atoms with van der Waals surface area (Å²) in [4.78, 5) is 3.94. The zero-order chi connectivity index (χ0) is 8.39. The van der Waals surface area contributed by atoms with Crippen LogP contribution < -0.4 is 0 Å². The van der Waals surface area contributed by atoms with Crippen LogP contribution in [0.25, 0.3) is 11.3 Å². The van der Waals surface area contributed by atoms with E-state index in [1.54, 1.807) is 18.6 Å². The molecule has 13 heavy (non-hydrogen) atoms. The lowest BCUT2D eigenvalue weighted by Crippen LogP contribution is -1.78.